The number of anilines is 1. The van der Waals surface area contributed by atoms with Gasteiger partial charge in [0.2, 0.25) is 5.91 Å². The zero-order valence-electron chi connectivity index (χ0n) is 12.4. The zero-order chi connectivity index (χ0) is 16.1. The molecular weight excluding hydrogens is 288 g/mol. The van der Waals surface area contributed by atoms with Crippen LogP contribution in [0.25, 0.3) is 10.4 Å². The molecule has 1 amide bonds. The molecule has 0 radical (unpaired) electrons. The fourth-order valence-electron chi connectivity index (χ4n) is 2.43. The minimum absolute atomic E-state index is 0.0694. The molecule has 1 aromatic rings. The van der Waals surface area contributed by atoms with Crippen LogP contribution in [0.2, 0.25) is 0 Å². The highest BCUT2D eigenvalue weighted by Crippen LogP contribution is 2.32. The number of carbonyl (C=O) groups excluding carboxylic acids is 2. The van der Waals surface area contributed by atoms with Crippen molar-refractivity contribution in [1.82, 2.24) is 0 Å². The van der Waals surface area contributed by atoms with E-state index in [0.717, 1.165) is 0 Å². The predicted molar refractivity (Wildman–Crippen MR) is 78.8 cm³/mol. The predicted octanol–water partition coefficient (Wildman–Crippen LogP) is 2.15. The van der Waals surface area contributed by atoms with Gasteiger partial charge in [0.15, 0.2) is 0 Å². The normalized spacial score (nSPS) is 17.1. The first-order valence-electron chi connectivity index (χ1n) is 6.68. The lowest BCUT2D eigenvalue weighted by atomic mass is 10.1. The van der Waals surface area contributed by atoms with E-state index in [0.29, 0.717) is 23.5 Å². The Balaban J connectivity index is 2.35. The molecule has 1 aliphatic rings. The molecule has 0 spiro atoms. The summed E-state index contributed by atoms with van der Waals surface area (Å²) in [6.07, 6.45) is 0.275. The Bertz CT molecular complexity index is 640. The quantitative estimate of drug-likeness (QED) is 0.359. The van der Waals surface area contributed by atoms with Crippen molar-refractivity contribution in [3.8, 4) is 5.75 Å². The fraction of sp³-hybridized carbons (Fsp3) is 0.429. The molecule has 8 nitrogen and oxygen atoms in total. The number of ether oxygens (including phenoxy) is 2. The van der Waals surface area contributed by atoms with Crippen LogP contribution < -0.4 is 9.64 Å². The van der Waals surface area contributed by atoms with Crippen molar-refractivity contribution in [2.75, 3.05) is 32.2 Å². The Kier molecular flexibility index (Phi) is 4.85. The van der Waals surface area contributed by atoms with Gasteiger partial charge in [-0.1, -0.05) is 5.11 Å². The van der Waals surface area contributed by atoms with Crippen molar-refractivity contribution in [3.63, 3.8) is 0 Å². The SMILES string of the molecule is COC(=O)c1ccc(OC)cc1N1CC(CN=[N+]=[N-])CC1=O. The molecule has 1 heterocycles. The van der Waals surface area contributed by atoms with Crippen LogP contribution in [-0.4, -0.2) is 39.2 Å². The number of carbonyl (C=O) groups is 2. The van der Waals surface area contributed by atoms with Crippen LogP contribution in [0.3, 0.4) is 0 Å². The Morgan fingerprint density at radius 1 is 1.50 bits per heavy atom. The van der Waals surface area contributed by atoms with Crippen LogP contribution in [-0.2, 0) is 9.53 Å². The van der Waals surface area contributed by atoms with Gasteiger partial charge in [0, 0.05) is 30.5 Å². The average molecular weight is 304 g/mol. The fourth-order valence-corrected chi connectivity index (χ4v) is 2.43. The first-order chi connectivity index (χ1) is 10.6. The highest BCUT2D eigenvalue weighted by Gasteiger charge is 2.32. The maximum Gasteiger partial charge on any atom is 0.339 e. The standard InChI is InChI=1S/C14H16N4O4/c1-21-10-3-4-11(14(20)22-2)12(6-10)18-8-9(5-13(18)19)7-16-17-15/h3-4,6,9H,5,7-8H2,1-2H3. The largest absolute Gasteiger partial charge is 0.497 e. The van der Waals surface area contributed by atoms with Gasteiger partial charge < -0.3 is 14.4 Å². The van der Waals surface area contributed by atoms with Crippen molar-refractivity contribution in [1.29, 1.82) is 0 Å². The van der Waals surface area contributed by atoms with Crippen LogP contribution in [0.1, 0.15) is 16.8 Å². The summed E-state index contributed by atoms with van der Waals surface area (Å²) in [4.78, 5) is 28.3. The Labute approximate surface area is 127 Å². The lowest BCUT2D eigenvalue weighted by Crippen LogP contribution is -2.27. The van der Waals surface area contributed by atoms with Crippen LogP contribution in [0.15, 0.2) is 23.3 Å². The van der Waals surface area contributed by atoms with Gasteiger partial charge in [-0.15, -0.1) is 0 Å². The molecule has 116 valence electrons. The van der Waals surface area contributed by atoms with Crippen LogP contribution in [0.4, 0.5) is 5.69 Å². The van der Waals surface area contributed by atoms with E-state index in [4.69, 9.17) is 15.0 Å². The van der Waals surface area contributed by atoms with Gasteiger partial charge in [0.05, 0.1) is 25.5 Å². The Morgan fingerprint density at radius 3 is 2.91 bits per heavy atom. The van der Waals surface area contributed by atoms with E-state index >= 15 is 0 Å². The second-order valence-corrected chi connectivity index (χ2v) is 4.86. The molecule has 8 heteroatoms. The molecule has 0 saturated carbocycles. The first kappa shape index (κ1) is 15.7. The molecule has 1 unspecified atom stereocenters. The molecule has 1 aromatic carbocycles. The summed E-state index contributed by atoms with van der Waals surface area (Å²) in [5.74, 6) is -0.186. The highest BCUT2D eigenvalue weighted by molar-refractivity contribution is 6.04. The van der Waals surface area contributed by atoms with E-state index in [1.165, 1.54) is 19.1 Å². The summed E-state index contributed by atoms with van der Waals surface area (Å²) in [6, 6.07) is 4.82. The number of hydrogen-bond donors (Lipinski definition) is 0. The molecule has 22 heavy (non-hydrogen) atoms. The summed E-state index contributed by atoms with van der Waals surface area (Å²) >= 11 is 0. The minimum Gasteiger partial charge on any atom is -0.497 e. The maximum atomic E-state index is 12.2. The van der Waals surface area contributed by atoms with Crippen molar-refractivity contribution in [3.05, 3.63) is 34.2 Å². The highest BCUT2D eigenvalue weighted by atomic mass is 16.5. The number of nitrogens with zero attached hydrogens (tertiary/aromatic N) is 4. The van der Waals surface area contributed by atoms with Crippen molar-refractivity contribution in [2.24, 2.45) is 11.0 Å². The molecule has 0 N–H and O–H groups in total. The van der Waals surface area contributed by atoms with Crippen LogP contribution >= 0.6 is 0 Å². The van der Waals surface area contributed by atoms with Gasteiger partial charge in [0.25, 0.3) is 0 Å². The third-order valence-electron chi connectivity index (χ3n) is 3.51. The summed E-state index contributed by atoms with van der Waals surface area (Å²) in [5, 5.41) is 3.51. The number of benzene rings is 1. The Morgan fingerprint density at radius 2 is 2.27 bits per heavy atom. The van der Waals surface area contributed by atoms with E-state index in [2.05, 4.69) is 10.0 Å². The minimum atomic E-state index is -0.524. The van der Waals surface area contributed by atoms with E-state index in [1.807, 2.05) is 0 Å². The molecular formula is C14H16N4O4. The Hall–Kier alpha value is -2.73. The van der Waals surface area contributed by atoms with Gasteiger partial charge in [-0.3, -0.25) is 4.79 Å². The van der Waals surface area contributed by atoms with Gasteiger partial charge in [-0.05, 0) is 23.6 Å². The topological polar surface area (TPSA) is 105 Å². The van der Waals surface area contributed by atoms with Crippen LogP contribution in [0, 0.1) is 5.92 Å². The third-order valence-corrected chi connectivity index (χ3v) is 3.51. The maximum absolute atomic E-state index is 12.2. The molecule has 1 fully saturated rings. The van der Waals surface area contributed by atoms with Gasteiger partial charge in [-0.25, -0.2) is 4.79 Å². The number of amides is 1. The summed E-state index contributed by atoms with van der Waals surface area (Å²) in [5.41, 5.74) is 9.11. The summed E-state index contributed by atoms with van der Waals surface area (Å²) in [7, 11) is 2.79. The molecule has 1 atom stereocenters. The van der Waals surface area contributed by atoms with E-state index in [-0.39, 0.29) is 24.8 Å². The molecule has 0 aromatic heterocycles. The van der Waals surface area contributed by atoms with Crippen LogP contribution in [0.5, 0.6) is 5.75 Å². The molecule has 0 aliphatic carbocycles. The first-order valence-corrected chi connectivity index (χ1v) is 6.68. The average Bonchev–Trinajstić information content (AvgIpc) is 2.92. The van der Waals surface area contributed by atoms with Gasteiger partial charge >= 0.3 is 5.97 Å². The van der Waals surface area contributed by atoms with Crippen molar-refractivity contribution >= 4 is 17.6 Å². The molecule has 1 aliphatic heterocycles. The number of azide groups is 1. The second kappa shape index (κ2) is 6.82. The zero-order valence-corrected chi connectivity index (χ0v) is 12.4. The summed E-state index contributed by atoms with van der Waals surface area (Å²) < 4.78 is 9.91. The third kappa shape index (κ3) is 3.12. The lowest BCUT2D eigenvalue weighted by molar-refractivity contribution is -0.117. The second-order valence-electron chi connectivity index (χ2n) is 4.86. The van der Waals surface area contributed by atoms with E-state index in [9.17, 15) is 9.59 Å². The van der Waals surface area contributed by atoms with E-state index < -0.39 is 5.97 Å². The van der Waals surface area contributed by atoms with Crippen molar-refractivity contribution in [2.45, 2.75) is 6.42 Å². The monoisotopic (exact) mass is 304 g/mol. The molecule has 0 bridgehead atoms. The number of methoxy groups -OCH3 is 2. The van der Waals surface area contributed by atoms with Gasteiger partial charge in [0.1, 0.15) is 5.75 Å². The number of esters is 1. The lowest BCUT2D eigenvalue weighted by Gasteiger charge is -2.20. The smallest absolute Gasteiger partial charge is 0.339 e. The number of rotatable bonds is 5. The summed E-state index contributed by atoms with van der Waals surface area (Å²) in [6.45, 7) is 0.630. The number of hydrogen-bond acceptors (Lipinski definition) is 5. The molecule has 1 saturated heterocycles. The van der Waals surface area contributed by atoms with Gasteiger partial charge in [-0.2, -0.15) is 0 Å². The van der Waals surface area contributed by atoms with Crippen molar-refractivity contribution < 1.29 is 19.1 Å². The molecule has 2 rings (SSSR count). The van der Waals surface area contributed by atoms with E-state index in [1.54, 1.807) is 18.2 Å².